The largest absolute Gasteiger partial charge is 0.495 e. The van der Waals surface area contributed by atoms with Crippen LogP contribution < -0.4 is 4.74 Å². The van der Waals surface area contributed by atoms with E-state index in [0.717, 1.165) is 18.6 Å². The number of ether oxygens (including phenoxy) is 1. The molecule has 1 heterocycles. The van der Waals surface area contributed by atoms with Crippen molar-refractivity contribution < 1.29 is 31.1 Å². The molecule has 0 N–H and O–H groups in total. The van der Waals surface area contributed by atoms with E-state index in [1.165, 1.54) is 53.7 Å². The van der Waals surface area contributed by atoms with Gasteiger partial charge in [-0.15, -0.1) is 0 Å². The minimum atomic E-state index is -4.44. The van der Waals surface area contributed by atoms with Gasteiger partial charge in [-0.05, 0) is 54.2 Å². The molecule has 10 heteroatoms. The molecule has 0 saturated carbocycles. The number of methoxy groups -OCH3 is 1. The van der Waals surface area contributed by atoms with E-state index < -0.39 is 27.7 Å². The maximum atomic E-state index is 13.4. The second-order valence-corrected chi connectivity index (χ2v) is 10.9. The average molecular weight is 499 g/mol. The van der Waals surface area contributed by atoms with Crippen LogP contribution in [0.5, 0.6) is 5.75 Å². The zero-order chi connectivity index (χ0) is 25.3. The van der Waals surface area contributed by atoms with Gasteiger partial charge in [-0.1, -0.05) is 26.0 Å². The second-order valence-electron chi connectivity index (χ2n) is 8.99. The van der Waals surface area contributed by atoms with E-state index in [-0.39, 0.29) is 34.6 Å². The van der Waals surface area contributed by atoms with Gasteiger partial charge >= 0.3 is 6.18 Å². The summed E-state index contributed by atoms with van der Waals surface area (Å²) in [5.41, 5.74) is -0.107. The molecule has 2 aromatic carbocycles. The van der Waals surface area contributed by atoms with E-state index >= 15 is 0 Å². The Hall–Kier alpha value is -2.59. The summed E-state index contributed by atoms with van der Waals surface area (Å²) >= 11 is 0. The van der Waals surface area contributed by atoms with Crippen LogP contribution >= 0.6 is 0 Å². The number of alkyl halides is 3. The molecule has 0 spiro atoms. The van der Waals surface area contributed by atoms with E-state index in [2.05, 4.69) is 0 Å². The van der Waals surface area contributed by atoms with Gasteiger partial charge in [0.2, 0.25) is 10.0 Å². The number of sulfonamides is 1. The van der Waals surface area contributed by atoms with Crippen molar-refractivity contribution in [1.29, 1.82) is 0 Å². The summed E-state index contributed by atoms with van der Waals surface area (Å²) in [4.78, 5) is 14.3. The molecule has 1 amide bonds. The molecule has 1 saturated heterocycles. The van der Waals surface area contributed by atoms with E-state index in [4.69, 9.17) is 4.74 Å². The quantitative estimate of drug-likeness (QED) is 0.582. The molecule has 0 radical (unpaired) electrons. The topological polar surface area (TPSA) is 66.9 Å². The van der Waals surface area contributed by atoms with Crippen LogP contribution in [0.3, 0.4) is 0 Å². The molecule has 1 aliphatic rings. The lowest BCUT2D eigenvalue weighted by molar-refractivity contribution is -0.137. The van der Waals surface area contributed by atoms with E-state index in [0.29, 0.717) is 18.7 Å². The van der Waals surface area contributed by atoms with Crippen LogP contribution in [0.4, 0.5) is 13.2 Å². The van der Waals surface area contributed by atoms with Gasteiger partial charge in [-0.3, -0.25) is 4.79 Å². The number of carbonyl (C=O) groups excluding carboxylic acids is 1. The average Bonchev–Trinajstić information content (AvgIpc) is 2.77. The molecule has 0 aromatic heterocycles. The molecule has 3 rings (SSSR count). The van der Waals surface area contributed by atoms with Crippen LogP contribution in [0.25, 0.3) is 0 Å². The van der Waals surface area contributed by atoms with Crippen molar-refractivity contribution in [1.82, 2.24) is 9.21 Å². The van der Waals surface area contributed by atoms with Gasteiger partial charge in [0.1, 0.15) is 10.6 Å². The highest BCUT2D eigenvalue weighted by atomic mass is 32.2. The molecular weight excluding hydrogens is 469 g/mol. The first kappa shape index (κ1) is 26.0. The van der Waals surface area contributed by atoms with Crippen LogP contribution in [0.2, 0.25) is 0 Å². The predicted molar refractivity (Wildman–Crippen MR) is 122 cm³/mol. The molecule has 0 aliphatic carbocycles. The van der Waals surface area contributed by atoms with Crippen molar-refractivity contribution in [3.63, 3.8) is 0 Å². The SMILES string of the molecule is COc1ccc(C(=O)N(C)Cc2ccc(C(F)(F)F)cc2)cc1S(=O)(=O)N1CC(C)CC(C)C1. The lowest BCUT2D eigenvalue weighted by Crippen LogP contribution is -2.42. The van der Waals surface area contributed by atoms with E-state index in [1.54, 1.807) is 0 Å². The lowest BCUT2D eigenvalue weighted by Gasteiger charge is -2.34. The second kappa shape index (κ2) is 9.95. The summed E-state index contributed by atoms with van der Waals surface area (Å²) in [7, 11) is -1.02. The van der Waals surface area contributed by atoms with Crippen molar-refractivity contribution in [2.45, 2.75) is 37.9 Å². The summed E-state index contributed by atoms with van der Waals surface area (Å²) in [5.74, 6) is 0.112. The van der Waals surface area contributed by atoms with E-state index in [1.807, 2.05) is 13.8 Å². The van der Waals surface area contributed by atoms with Crippen molar-refractivity contribution in [2.75, 3.05) is 27.2 Å². The minimum absolute atomic E-state index is 0.0617. The normalized spacial score (nSPS) is 19.6. The monoisotopic (exact) mass is 498 g/mol. The highest BCUT2D eigenvalue weighted by Gasteiger charge is 2.34. The number of nitrogens with zero attached hydrogens (tertiary/aromatic N) is 2. The maximum Gasteiger partial charge on any atom is 0.416 e. The van der Waals surface area contributed by atoms with Gasteiger partial charge in [0.05, 0.1) is 12.7 Å². The van der Waals surface area contributed by atoms with Crippen LogP contribution in [0.15, 0.2) is 47.4 Å². The molecule has 6 nitrogen and oxygen atoms in total. The van der Waals surface area contributed by atoms with Crippen LogP contribution in [-0.2, 0) is 22.7 Å². The molecular formula is C24H29F3N2O4S. The zero-order valence-electron chi connectivity index (χ0n) is 19.6. The Morgan fingerprint density at radius 1 is 1.09 bits per heavy atom. The minimum Gasteiger partial charge on any atom is -0.495 e. The fourth-order valence-corrected chi connectivity index (χ4v) is 6.18. The molecule has 2 unspecified atom stereocenters. The maximum absolute atomic E-state index is 13.4. The van der Waals surface area contributed by atoms with Crippen molar-refractivity contribution in [2.24, 2.45) is 11.8 Å². The standard InChI is InChI=1S/C24H29F3N2O4S/c1-16-11-17(2)14-29(13-16)34(31,32)22-12-19(7-10-21(22)33-4)23(30)28(3)15-18-5-8-20(9-6-18)24(25,26)27/h5-10,12,16-17H,11,13-15H2,1-4H3. The lowest BCUT2D eigenvalue weighted by atomic mass is 9.94. The number of amides is 1. The number of hydrogen-bond acceptors (Lipinski definition) is 4. The Bertz CT molecular complexity index is 1120. The third-order valence-corrected chi connectivity index (χ3v) is 7.76. The Morgan fingerprint density at radius 2 is 1.68 bits per heavy atom. The highest BCUT2D eigenvalue weighted by molar-refractivity contribution is 7.89. The summed E-state index contributed by atoms with van der Waals surface area (Å²) in [5, 5.41) is 0. The summed E-state index contributed by atoms with van der Waals surface area (Å²) in [6.07, 6.45) is -3.49. The van der Waals surface area contributed by atoms with Gasteiger partial charge < -0.3 is 9.64 Å². The summed E-state index contributed by atoms with van der Waals surface area (Å²) in [6.45, 7) is 4.85. The first-order valence-electron chi connectivity index (χ1n) is 10.9. The Balaban J connectivity index is 1.85. The molecule has 1 aliphatic heterocycles. The first-order chi connectivity index (χ1) is 15.8. The van der Waals surface area contributed by atoms with Crippen LogP contribution in [0.1, 0.15) is 41.8 Å². The number of rotatable bonds is 6. The molecule has 2 atom stereocenters. The molecule has 0 bridgehead atoms. The Kier molecular flexibility index (Phi) is 7.62. The molecule has 2 aromatic rings. The molecule has 186 valence electrons. The highest BCUT2D eigenvalue weighted by Crippen LogP contribution is 2.33. The number of hydrogen-bond donors (Lipinski definition) is 0. The third kappa shape index (κ3) is 5.72. The smallest absolute Gasteiger partial charge is 0.416 e. The van der Waals surface area contributed by atoms with E-state index in [9.17, 15) is 26.4 Å². The third-order valence-electron chi connectivity index (χ3n) is 5.91. The predicted octanol–water partition coefficient (Wildman–Crippen LogP) is 4.65. The summed E-state index contributed by atoms with van der Waals surface area (Å²) in [6, 6.07) is 8.79. The van der Waals surface area contributed by atoms with Gasteiger partial charge in [0.15, 0.2) is 0 Å². The number of benzene rings is 2. The van der Waals surface area contributed by atoms with Crippen molar-refractivity contribution in [3.05, 3.63) is 59.2 Å². The first-order valence-corrected chi connectivity index (χ1v) is 12.4. The Labute approximate surface area is 198 Å². The molecule has 34 heavy (non-hydrogen) atoms. The number of halogens is 3. The van der Waals surface area contributed by atoms with Gasteiger partial charge in [-0.2, -0.15) is 17.5 Å². The van der Waals surface area contributed by atoms with Gasteiger partial charge in [0, 0.05) is 32.2 Å². The van der Waals surface area contributed by atoms with Gasteiger partial charge in [-0.25, -0.2) is 8.42 Å². The van der Waals surface area contributed by atoms with Crippen LogP contribution in [0, 0.1) is 11.8 Å². The number of piperidine rings is 1. The fraction of sp³-hybridized carbons (Fsp3) is 0.458. The van der Waals surface area contributed by atoms with Crippen molar-refractivity contribution >= 4 is 15.9 Å². The zero-order valence-corrected chi connectivity index (χ0v) is 20.4. The van der Waals surface area contributed by atoms with Gasteiger partial charge in [0.25, 0.3) is 5.91 Å². The molecule has 1 fully saturated rings. The number of carbonyl (C=O) groups is 1. The van der Waals surface area contributed by atoms with Crippen LogP contribution in [-0.4, -0.2) is 50.8 Å². The summed E-state index contributed by atoms with van der Waals surface area (Å²) < 4.78 is 71.9. The Morgan fingerprint density at radius 3 is 2.21 bits per heavy atom. The van der Waals surface area contributed by atoms with Crippen molar-refractivity contribution in [3.8, 4) is 5.75 Å². The fourth-order valence-electron chi connectivity index (χ4n) is 4.32.